The van der Waals surface area contributed by atoms with Crippen molar-refractivity contribution >= 4 is 50.4 Å². The van der Waals surface area contributed by atoms with E-state index < -0.39 is 11.5 Å². The van der Waals surface area contributed by atoms with E-state index in [1.54, 1.807) is 57.0 Å². The van der Waals surface area contributed by atoms with Crippen molar-refractivity contribution in [1.29, 1.82) is 0 Å². The van der Waals surface area contributed by atoms with Gasteiger partial charge in [0.15, 0.2) is 0 Å². The molecule has 0 aliphatic carbocycles. The first-order chi connectivity index (χ1) is 19.6. The number of halogens is 1. The van der Waals surface area contributed by atoms with Gasteiger partial charge in [0.2, 0.25) is 17.6 Å². The second-order valence-electron chi connectivity index (χ2n) is 9.76. The minimum absolute atomic E-state index is 0.346. The van der Waals surface area contributed by atoms with Crippen molar-refractivity contribution in [2.45, 2.75) is 28.0 Å². The Morgan fingerprint density at radius 2 is 1.51 bits per heavy atom. The fraction of sp³-hybridized carbons (Fsp3) is 0.367. The lowest BCUT2D eigenvalue weighted by Gasteiger charge is -2.39. The normalized spacial score (nSPS) is 13.7. The number of hydrogen-bond acceptors (Lipinski definition) is 10. The number of fused-ring (bicyclic) bond motifs is 1. The maximum Gasteiger partial charge on any atom is 0.217 e. The summed E-state index contributed by atoms with van der Waals surface area (Å²) in [6.07, 6.45) is 4.38. The molecule has 0 aliphatic rings. The SMILES string of the molecule is COc1cc([C@](O)(CCN(C)C)[C@H](c2cc(SC)nc(SC)c2)c2cc3cc(Br)ccc3nc2OC)cc(OC)n1. The minimum atomic E-state index is -1.46. The first kappa shape index (κ1) is 31.4. The van der Waals surface area contributed by atoms with E-state index in [4.69, 9.17) is 24.2 Å². The number of aromatic nitrogens is 3. The molecule has 0 unspecified atom stereocenters. The van der Waals surface area contributed by atoms with Crippen molar-refractivity contribution in [2.75, 3.05) is 54.5 Å². The number of nitrogens with zero attached hydrogens (tertiary/aromatic N) is 4. The van der Waals surface area contributed by atoms with Crippen LogP contribution in [-0.2, 0) is 5.60 Å². The standard InChI is InChI=1S/C30H35BrN4O4S2/c1-35(2)11-10-30(36,20-16-24(37-3)33-25(17-20)38-4)28(19-14-26(40-6)34-27(15-19)41-7)22-13-18-12-21(31)8-9-23(18)32-29(22)39-5/h8-9,12-17,28,36H,10-11H2,1-7H3/t28-,30-/m1/s1. The van der Waals surface area contributed by atoms with Crippen molar-refractivity contribution in [1.82, 2.24) is 19.9 Å². The van der Waals surface area contributed by atoms with Gasteiger partial charge in [-0.3, -0.25) is 0 Å². The molecule has 0 bridgehead atoms. The predicted molar refractivity (Wildman–Crippen MR) is 170 cm³/mol. The summed E-state index contributed by atoms with van der Waals surface area (Å²) >= 11 is 6.72. The number of hydrogen-bond donors (Lipinski definition) is 1. The van der Waals surface area contributed by atoms with Gasteiger partial charge in [0.25, 0.3) is 0 Å². The summed E-state index contributed by atoms with van der Waals surface area (Å²) in [6, 6.07) is 15.6. The molecule has 41 heavy (non-hydrogen) atoms. The molecule has 2 atom stereocenters. The number of aliphatic hydroxyl groups is 1. The molecule has 4 rings (SSSR count). The molecule has 1 aromatic carbocycles. The highest BCUT2D eigenvalue weighted by molar-refractivity contribution is 9.10. The van der Waals surface area contributed by atoms with E-state index in [-0.39, 0.29) is 0 Å². The van der Waals surface area contributed by atoms with Crippen LogP contribution in [0.2, 0.25) is 0 Å². The van der Waals surface area contributed by atoms with Crippen LogP contribution in [0.15, 0.2) is 63.1 Å². The zero-order valence-corrected chi connectivity index (χ0v) is 27.5. The number of rotatable bonds is 12. The third kappa shape index (κ3) is 6.91. The van der Waals surface area contributed by atoms with Crippen LogP contribution in [0.4, 0.5) is 0 Å². The van der Waals surface area contributed by atoms with Gasteiger partial charge in [0.1, 0.15) is 5.60 Å². The van der Waals surface area contributed by atoms with Gasteiger partial charge in [-0.05, 0) is 80.6 Å². The van der Waals surface area contributed by atoms with Crippen LogP contribution >= 0.6 is 39.5 Å². The van der Waals surface area contributed by atoms with Gasteiger partial charge in [0, 0.05) is 40.0 Å². The summed E-state index contributed by atoms with van der Waals surface area (Å²) < 4.78 is 17.9. The molecule has 218 valence electrons. The van der Waals surface area contributed by atoms with Crippen LogP contribution < -0.4 is 14.2 Å². The number of ether oxygens (including phenoxy) is 3. The van der Waals surface area contributed by atoms with Crippen molar-refractivity contribution in [3.63, 3.8) is 0 Å². The first-order valence-corrected chi connectivity index (χ1v) is 16.1. The highest BCUT2D eigenvalue weighted by atomic mass is 79.9. The molecule has 1 N–H and O–H groups in total. The third-order valence-corrected chi connectivity index (χ3v) is 8.69. The van der Waals surface area contributed by atoms with Crippen LogP contribution in [0.3, 0.4) is 0 Å². The van der Waals surface area contributed by atoms with E-state index in [1.807, 2.05) is 56.9 Å². The van der Waals surface area contributed by atoms with Gasteiger partial charge in [0.05, 0.1) is 36.9 Å². The molecule has 11 heteroatoms. The lowest BCUT2D eigenvalue weighted by molar-refractivity contribution is 0.00317. The summed E-state index contributed by atoms with van der Waals surface area (Å²) in [5, 5.41) is 15.7. The van der Waals surface area contributed by atoms with E-state index in [0.717, 1.165) is 36.6 Å². The monoisotopic (exact) mass is 658 g/mol. The third-order valence-electron chi connectivity index (χ3n) is 6.94. The summed E-state index contributed by atoms with van der Waals surface area (Å²) in [5.74, 6) is 0.524. The average molecular weight is 660 g/mol. The molecule has 0 fully saturated rings. The zero-order valence-electron chi connectivity index (χ0n) is 24.3. The Hall–Kier alpha value is -2.57. The number of pyridine rings is 3. The van der Waals surface area contributed by atoms with Gasteiger partial charge >= 0.3 is 0 Å². The lowest BCUT2D eigenvalue weighted by Crippen LogP contribution is -2.38. The zero-order chi connectivity index (χ0) is 29.7. The maximum absolute atomic E-state index is 13.1. The Bertz CT molecular complexity index is 1480. The fourth-order valence-electron chi connectivity index (χ4n) is 4.89. The van der Waals surface area contributed by atoms with Gasteiger partial charge < -0.3 is 24.2 Å². The number of benzene rings is 1. The fourth-order valence-corrected chi connectivity index (χ4v) is 6.22. The topological polar surface area (TPSA) is 89.8 Å². The largest absolute Gasteiger partial charge is 0.481 e. The van der Waals surface area contributed by atoms with Crippen LogP contribution in [-0.4, -0.2) is 79.4 Å². The molecule has 8 nitrogen and oxygen atoms in total. The molecule has 0 saturated carbocycles. The molecule has 4 aromatic rings. The van der Waals surface area contributed by atoms with Crippen molar-refractivity contribution in [3.8, 4) is 17.6 Å². The Kier molecular flexibility index (Phi) is 10.4. The minimum Gasteiger partial charge on any atom is -0.481 e. The Balaban J connectivity index is 2.12. The quantitative estimate of drug-likeness (QED) is 0.177. The predicted octanol–water partition coefficient (Wildman–Crippen LogP) is 6.23. The summed E-state index contributed by atoms with van der Waals surface area (Å²) in [5.41, 5.74) is 1.58. The van der Waals surface area contributed by atoms with Crippen LogP contribution in [0.25, 0.3) is 10.9 Å². The molecule has 3 aromatic heterocycles. The van der Waals surface area contributed by atoms with E-state index in [2.05, 4.69) is 31.9 Å². The Morgan fingerprint density at radius 1 is 0.878 bits per heavy atom. The van der Waals surface area contributed by atoms with Gasteiger partial charge in [-0.1, -0.05) is 15.9 Å². The van der Waals surface area contributed by atoms with Crippen molar-refractivity contribution in [3.05, 3.63) is 69.7 Å². The van der Waals surface area contributed by atoms with Crippen LogP contribution in [0, 0.1) is 0 Å². The molecular formula is C30H35BrN4O4S2. The van der Waals surface area contributed by atoms with Crippen molar-refractivity contribution < 1.29 is 19.3 Å². The van der Waals surface area contributed by atoms with Crippen molar-refractivity contribution in [2.24, 2.45) is 0 Å². The van der Waals surface area contributed by atoms with Gasteiger partial charge in [-0.25, -0.2) is 9.97 Å². The molecule has 0 saturated heterocycles. The smallest absolute Gasteiger partial charge is 0.217 e. The highest BCUT2D eigenvalue weighted by Gasteiger charge is 2.43. The van der Waals surface area contributed by atoms with Crippen LogP contribution in [0.5, 0.6) is 17.6 Å². The lowest BCUT2D eigenvalue weighted by atomic mass is 9.72. The van der Waals surface area contributed by atoms with E-state index in [9.17, 15) is 5.11 Å². The van der Waals surface area contributed by atoms with E-state index in [0.29, 0.717) is 36.2 Å². The molecule has 0 amide bonds. The molecule has 3 heterocycles. The van der Waals surface area contributed by atoms with Crippen LogP contribution in [0.1, 0.15) is 29.0 Å². The second kappa shape index (κ2) is 13.6. The average Bonchev–Trinajstić information content (AvgIpc) is 2.99. The maximum atomic E-state index is 13.1. The Labute approximate surface area is 258 Å². The summed E-state index contributed by atoms with van der Waals surface area (Å²) in [6.45, 7) is 0.602. The molecule has 0 spiro atoms. The second-order valence-corrected chi connectivity index (χ2v) is 12.3. The molecule has 0 radical (unpaired) electrons. The highest BCUT2D eigenvalue weighted by Crippen LogP contribution is 2.49. The first-order valence-electron chi connectivity index (χ1n) is 12.9. The molecule has 0 aliphatic heterocycles. The van der Waals surface area contributed by atoms with E-state index in [1.165, 1.54) is 0 Å². The van der Waals surface area contributed by atoms with E-state index >= 15 is 0 Å². The Morgan fingerprint density at radius 3 is 2.05 bits per heavy atom. The van der Waals surface area contributed by atoms with Gasteiger partial charge in [-0.2, -0.15) is 4.98 Å². The summed E-state index contributed by atoms with van der Waals surface area (Å²) in [4.78, 5) is 16.1. The number of thioether (sulfide) groups is 2. The van der Waals surface area contributed by atoms with Gasteiger partial charge in [-0.15, -0.1) is 23.5 Å². The molecular weight excluding hydrogens is 624 g/mol. The number of methoxy groups -OCH3 is 3. The summed E-state index contributed by atoms with van der Waals surface area (Å²) in [7, 11) is 8.69.